The normalized spacial score (nSPS) is 15.8. The largest absolute Gasteiger partial charge is 0.338 e. The molecule has 2 heterocycles. The van der Waals surface area contributed by atoms with E-state index in [1.807, 2.05) is 31.5 Å². The van der Waals surface area contributed by atoms with Gasteiger partial charge in [0.15, 0.2) is 0 Å². The molecule has 0 saturated carbocycles. The topological polar surface area (TPSA) is 96.3 Å². The van der Waals surface area contributed by atoms with Crippen molar-refractivity contribution in [1.29, 1.82) is 0 Å². The molecule has 0 radical (unpaired) electrons. The summed E-state index contributed by atoms with van der Waals surface area (Å²) in [5.41, 5.74) is 3.14. The van der Waals surface area contributed by atoms with Crippen molar-refractivity contribution in [3.05, 3.63) is 47.3 Å². The molecule has 2 amide bonds. The lowest BCUT2D eigenvalue weighted by Gasteiger charge is -2.31. The van der Waals surface area contributed by atoms with Gasteiger partial charge in [0.25, 0.3) is 0 Å². The molecule has 1 saturated heterocycles. The highest BCUT2D eigenvalue weighted by molar-refractivity contribution is 7.89. The van der Waals surface area contributed by atoms with Crippen LogP contribution in [0, 0.1) is 20.8 Å². The zero-order chi connectivity index (χ0) is 21.7. The summed E-state index contributed by atoms with van der Waals surface area (Å²) in [7, 11) is -3.48. The number of carbonyl (C=O) groups is 1. The van der Waals surface area contributed by atoms with Crippen molar-refractivity contribution in [2.45, 2.75) is 57.5 Å². The number of sulfonamides is 1. The van der Waals surface area contributed by atoms with E-state index in [9.17, 15) is 13.2 Å². The first-order chi connectivity index (χ1) is 14.3. The van der Waals surface area contributed by atoms with Crippen molar-refractivity contribution in [2.75, 3.05) is 19.6 Å². The predicted octanol–water partition coefficient (Wildman–Crippen LogP) is 2.35. The average molecular weight is 434 g/mol. The fourth-order valence-electron chi connectivity index (χ4n) is 3.67. The van der Waals surface area contributed by atoms with Gasteiger partial charge in [0.05, 0.1) is 10.6 Å². The van der Waals surface area contributed by atoms with Gasteiger partial charge in [-0.15, -0.1) is 0 Å². The molecule has 8 nitrogen and oxygen atoms in total. The summed E-state index contributed by atoms with van der Waals surface area (Å²) in [6.07, 6.45) is 2.00. The number of hydrogen-bond donors (Lipinski definition) is 2. The summed E-state index contributed by atoms with van der Waals surface area (Å²) in [6.45, 7) is 8.04. The zero-order valence-electron chi connectivity index (χ0n) is 17.9. The van der Waals surface area contributed by atoms with Gasteiger partial charge in [-0.3, -0.25) is 4.68 Å². The third-order valence-electron chi connectivity index (χ3n) is 5.38. The number of amides is 2. The van der Waals surface area contributed by atoms with Crippen LogP contribution >= 0.6 is 0 Å². The van der Waals surface area contributed by atoms with Crippen molar-refractivity contribution in [2.24, 2.45) is 0 Å². The van der Waals surface area contributed by atoms with Gasteiger partial charge >= 0.3 is 6.03 Å². The highest BCUT2D eigenvalue weighted by Gasteiger charge is 2.29. The number of aryl methyl sites for hydroxylation is 4. The van der Waals surface area contributed by atoms with Crippen LogP contribution in [-0.2, 0) is 16.6 Å². The van der Waals surface area contributed by atoms with Gasteiger partial charge in [-0.2, -0.15) is 9.40 Å². The fourth-order valence-corrected chi connectivity index (χ4v) is 5.14. The lowest BCUT2D eigenvalue weighted by atomic mass is 10.1. The van der Waals surface area contributed by atoms with Crippen LogP contribution in [0.1, 0.15) is 36.2 Å². The molecule has 1 aliphatic rings. The summed E-state index contributed by atoms with van der Waals surface area (Å²) in [4.78, 5) is 12.5. The minimum absolute atomic E-state index is 0.0227. The Labute approximate surface area is 178 Å². The highest BCUT2D eigenvalue weighted by Crippen LogP contribution is 2.21. The first kappa shape index (κ1) is 22.3. The first-order valence-electron chi connectivity index (χ1n) is 10.4. The highest BCUT2D eigenvalue weighted by atomic mass is 32.2. The van der Waals surface area contributed by atoms with E-state index in [1.54, 1.807) is 24.3 Å². The van der Waals surface area contributed by atoms with Crippen LogP contribution in [0.5, 0.6) is 0 Å². The molecule has 9 heteroatoms. The Bertz CT molecular complexity index is 961. The van der Waals surface area contributed by atoms with Crippen LogP contribution in [0.2, 0.25) is 0 Å². The zero-order valence-corrected chi connectivity index (χ0v) is 18.7. The molecular formula is C21H31N5O3S. The van der Waals surface area contributed by atoms with Crippen molar-refractivity contribution >= 4 is 16.1 Å². The standard InChI is InChI=1S/C21H31N5O3S/c1-16-5-7-20(8-6-16)30(28,29)25-13-9-19(10-14-25)23-21(27)22-11-4-12-26-18(3)15-17(2)24-26/h5-8,15,19H,4,9-14H2,1-3H3,(H2,22,23,27). The monoisotopic (exact) mass is 433 g/mol. The molecular weight excluding hydrogens is 402 g/mol. The average Bonchev–Trinajstić information content (AvgIpc) is 3.03. The minimum Gasteiger partial charge on any atom is -0.338 e. The van der Waals surface area contributed by atoms with Crippen LogP contribution in [0.3, 0.4) is 0 Å². The summed E-state index contributed by atoms with van der Waals surface area (Å²) >= 11 is 0. The Hall–Kier alpha value is -2.39. The summed E-state index contributed by atoms with van der Waals surface area (Å²) in [6, 6.07) is 8.71. The van der Waals surface area contributed by atoms with Gasteiger partial charge in [0, 0.05) is 37.9 Å². The second kappa shape index (κ2) is 9.61. The van der Waals surface area contributed by atoms with Gasteiger partial charge in [-0.25, -0.2) is 13.2 Å². The number of carbonyl (C=O) groups excluding carboxylic acids is 1. The van der Waals surface area contributed by atoms with E-state index in [2.05, 4.69) is 15.7 Å². The molecule has 164 valence electrons. The molecule has 0 spiro atoms. The van der Waals surface area contributed by atoms with Crippen molar-refractivity contribution in [3.63, 3.8) is 0 Å². The summed E-state index contributed by atoms with van der Waals surface area (Å²) < 4.78 is 29.0. The molecule has 0 bridgehead atoms. The third-order valence-corrected chi connectivity index (χ3v) is 7.30. The fraction of sp³-hybridized carbons (Fsp3) is 0.524. The van der Waals surface area contributed by atoms with Gasteiger partial charge in [0.2, 0.25) is 10.0 Å². The van der Waals surface area contributed by atoms with Crippen LogP contribution in [0.4, 0.5) is 4.79 Å². The lowest BCUT2D eigenvalue weighted by molar-refractivity contribution is 0.227. The van der Waals surface area contributed by atoms with Gasteiger partial charge in [-0.05, 0) is 58.2 Å². The number of benzene rings is 1. The number of nitrogens with zero attached hydrogens (tertiary/aromatic N) is 3. The van der Waals surface area contributed by atoms with E-state index in [0.717, 1.165) is 29.9 Å². The molecule has 0 aliphatic carbocycles. The molecule has 30 heavy (non-hydrogen) atoms. The van der Waals surface area contributed by atoms with Crippen LogP contribution < -0.4 is 10.6 Å². The van der Waals surface area contributed by atoms with E-state index in [1.165, 1.54) is 4.31 Å². The van der Waals surface area contributed by atoms with E-state index < -0.39 is 10.0 Å². The number of urea groups is 1. The minimum atomic E-state index is -3.48. The van der Waals surface area contributed by atoms with E-state index >= 15 is 0 Å². The number of piperidine rings is 1. The molecule has 2 aromatic rings. The molecule has 0 unspecified atom stereocenters. The number of rotatable bonds is 7. The molecule has 2 N–H and O–H groups in total. The maximum atomic E-state index is 12.8. The van der Waals surface area contributed by atoms with Crippen LogP contribution in [0.15, 0.2) is 35.2 Å². The molecule has 1 aromatic carbocycles. The third kappa shape index (κ3) is 5.60. The quantitative estimate of drug-likeness (QED) is 0.655. The maximum Gasteiger partial charge on any atom is 0.315 e. The second-order valence-electron chi connectivity index (χ2n) is 7.90. The van der Waals surface area contributed by atoms with E-state index in [-0.39, 0.29) is 12.1 Å². The Kier molecular flexibility index (Phi) is 7.14. The number of aromatic nitrogens is 2. The van der Waals surface area contributed by atoms with Crippen molar-refractivity contribution in [3.8, 4) is 0 Å². The Morgan fingerprint density at radius 2 is 1.80 bits per heavy atom. The van der Waals surface area contributed by atoms with Crippen LogP contribution in [-0.4, -0.2) is 54.2 Å². The summed E-state index contributed by atoms with van der Waals surface area (Å²) in [5, 5.41) is 10.2. The number of hydrogen-bond acceptors (Lipinski definition) is 4. The lowest BCUT2D eigenvalue weighted by Crippen LogP contribution is -2.49. The smallest absolute Gasteiger partial charge is 0.315 e. The maximum absolute atomic E-state index is 12.8. The van der Waals surface area contributed by atoms with E-state index in [0.29, 0.717) is 37.4 Å². The van der Waals surface area contributed by atoms with Gasteiger partial charge < -0.3 is 10.6 Å². The molecule has 1 fully saturated rings. The van der Waals surface area contributed by atoms with Crippen molar-refractivity contribution < 1.29 is 13.2 Å². The van der Waals surface area contributed by atoms with Crippen LogP contribution in [0.25, 0.3) is 0 Å². The Morgan fingerprint density at radius 3 is 2.40 bits per heavy atom. The summed E-state index contributed by atoms with van der Waals surface area (Å²) in [5.74, 6) is 0. The number of nitrogens with one attached hydrogen (secondary N) is 2. The Balaban J connectivity index is 1.39. The van der Waals surface area contributed by atoms with Gasteiger partial charge in [0.1, 0.15) is 0 Å². The first-order valence-corrected chi connectivity index (χ1v) is 11.8. The predicted molar refractivity (Wildman–Crippen MR) is 116 cm³/mol. The Morgan fingerprint density at radius 1 is 1.13 bits per heavy atom. The van der Waals surface area contributed by atoms with Gasteiger partial charge in [-0.1, -0.05) is 17.7 Å². The SMILES string of the molecule is Cc1ccc(S(=O)(=O)N2CCC(NC(=O)NCCCn3nc(C)cc3C)CC2)cc1. The van der Waals surface area contributed by atoms with E-state index in [4.69, 9.17) is 0 Å². The molecule has 1 aliphatic heterocycles. The van der Waals surface area contributed by atoms with Crippen molar-refractivity contribution in [1.82, 2.24) is 24.7 Å². The molecule has 1 aromatic heterocycles. The second-order valence-corrected chi connectivity index (χ2v) is 9.83. The molecule has 0 atom stereocenters. The molecule has 3 rings (SSSR count).